The van der Waals surface area contributed by atoms with Gasteiger partial charge in [0, 0.05) is 19.3 Å². The molecule has 12 heteroatoms. The highest BCUT2D eigenvalue weighted by Gasteiger charge is 2.50. The average Bonchev–Trinajstić information content (AvgIpc) is 3.42. The molecule has 0 radical (unpaired) electrons. The monoisotopic (exact) mass is 1070 g/mol. The zero-order valence-electron chi connectivity index (χ0n) is 47.7. The van der Waals surface area contributed by atoms with Gasteiger partial charge in [0.05, 0.1) is 6.61 Å². The molecule has 0 aliphatic carbocycles. The molecule has 0 aromatic heterocycles. The third-order valence-electron chi connectivity index (χ3n) is 12.5. The van der Waals surface area contributed by atoms with Crippen molar-refractivity contribution in [2.24, 2.45) is 0 Å². The molecule has 0 aromatic rings. The number of aliphatic hydroxyl groups excluding tert-OH is 2. The number of ether oxygens (including phenoxy) is 5. The van der Waals surface area contributed by atoms with E-state index in [1.807, 2.05) is 18.2 Å². The van der Waals surface area contributed by atoms with Crippen molar-refractivity contribution >= 4 is 23.9 Å². The van der Waals surface area contributed by atoms with Gasteiger partial charge in [-0.2, -0.15) is 0 Å². The second-order valence-corrected chi connectivity index (χ2v) is 19.5. The highest BCUT2D eigenvalue weighted by Crippen LogP contribution is 2.26. The molecule has 1 aliphatic rings. The van der Waals surface area contributed by atoms with Crippen LogP contribution in [-0.4, -0.2) is 89.2 Å². The molecule has 1 heterocycles. The summed E-state index contributed by atoms with van der Waals surface area (Å²) in [5.74, 6) is -3.27. The minimum absolute atomic E-state index is 0.0687. The Balaban J connectivity index is 2.74. The van der Waals surface area contributed by atoms with Crippen molar-refractivity contribution in [2.75, 3.05) is 13.2 Å². The fourth-order valence-corrected chi connectivity index (χ4v) is 8.12. The smallest absolute Gasteiger partial charge is 0.335 e. The van der Waals surface area contributed by atoms with E-state index < -0.39 is 67.3 Å². The molecular weight excluding hydrogens is 973 g/mol. The summed E-state index contributed by atoms with van der Waals surface area (Å²) in [6.07, 6.45) is 59.0. The van der Waals surface area contributed by atoms with Crippen molar-refractivity contribution < 1.29 is 58.2 Å². The lowest BCUT2D eigenvalue weighted by Crippen LogP contribution is -2.61. The van der Waals surface area contributed by atoms with Crippen molar-refractivity contribution in [3.8, 4) is 0 Å². The van der Waals surface area contributed by atoms with Gasteiger partial charge in [0.2, 0.25) is 0 Å². The van der Waals surface area contributed by atoms with Gasteiger partial charge in [-0.05, 0) is 109 Å². The van der Waals surface area contributed by atoms with Crippen molar-refractivity contribution in [1.82, 2.24) is 0 Å². The first-order valence-electron chi connectivity index (χ1n) is 29.5. The van der Waals surface area contributed by atoms with Crippen LogP contribution in [0.3, 0.4) is 0 Å². The third kappa shape index (κ3) is 41.8. The number of carbonyl (C=O) groups excluding carboxylic acids is 3. The molecule has 6 unspecified atom stereocenters. The van der Waals surface area contributed by atoms with E-state index in [-0.39, 0.29) is 25.9 Å². The summed E-state index contributed by atoms with van der Waals surface area (Å²) in [6, 6.07) is 0. The number of hydrogen-bond acceptors (Lipinski definition) is 11. The summed E-state index contributed by atoms with van der Waals surface area (Å²) < 4.78 is 28.3. The van der Waals surface area contributed by atoms with Crippen LogP contribution >= 0.6 is 0 Å². The molecule has 0 spiro atoms. The number of unbranched alkanes of at least 4 members (excludes halogenated alkanes) is 14. The van der Waals surface area contributed by atoms with Crippen LogP contribution in [0.4, 0.5) is 0 Å². The van der Waals surface area contributed by atoms with Gasteiger partial charge >= 0.3 is 23.9 Å². The summed E-state index contributed by atoms with van der Waals surface area (Å²) in [4.78, 5) is 51.1. The molecular formula is C65H102O12. The SMILES string of the molecule is CC/C=C\C/C=C\C/C=C\C/C=C\CCC(=O)OC1C(OCC(COC(=O)CCCCCCCCC/C=C\C/C=C\C/C=C\CC)OC(=O)CCCCCCCCC/C=C\C/C=C\C/C=C\CC)OC(C(=O)O)C(O)C1O. The number of carboxylic acids is 1. The summed E-state index contributed by atoms with van der Waals surface area (Å²) in [5.41, 5.74) is 0. The molecule has 6 atom stereocenters. The minimum atomic E-state index is -1.93. The largest absolute Gasteiger partial charge is 0.479 e. The van der Waals surface area contributed by atoms with Crippen molar-refractivity contribution in [3.63, 3.8) is 0 Å². The Labute approximate surface area is 465 Å². The molecule has 434 valence electrons. The van der Waals surface area contributed by atoms with E-state index in [9.17, 15) is 34.5 Å². The molecule has 1 fully saturated rings. The van der Waals surface area contributed by atoms with Crippen LogP contribution in [0.25, 0.3) is 0 Å². The van der Waals surface area contributed by atoms with Crippen LogP contribution in [0.15, 0.2) is 122 Å². The first-order valence-corrected chi connectivity index (χ1v) is 29.5. The highest BCUT2D eigenvalue weighted by molar-refractivity contribution is 5.74. The van der Waals surface area contributed by atoms with Gasteiger partial charge in [-0.25, -0.2) is 4.79 Å². The van der Waals surface area contributed by atoms with Gasteiger partial charge in [0.1, 0.15) is 18.8 Å². The number of hydrogen-bond donors (Lipinski definition) is 3. The third-order valence-corrected chi connectivity index (χ3v) is 12.5. The number of aliphatic hydroxyl groups is 2. The first-order chi connectivity index (χ1) is 37.6. The average molecular weight is 1080 g/mol. The van der Waals surface area contributed by atoms with Crippen LogP contribution in [0.1, 0.15) is 213 Å². The second-order valence-electron chi connectivity index (χ2n) is 19.5. The predicted molar refractivity (Wildman–Crippen MR) is 312 cm³/mol. The number of carboxylic acid groups (broad SMARTS) is 1. The van der Waals surface area contributed by atoms with Crippen molar-refractivity contribution in [1.29, 1.82) is 0 Å². The highest BCUT2D eigenvalue weighted by atomic mass is 16.7. The van der Waals surface area contributed by atoms with Crippen LogP contribution < -0.4 is 0 Å². The second kappa shape index (κ2) is 51.9. The van der Waals surface area contributed by atoms with Gasteiger partial charge in [0.15, 0.2) is 24.6 Å². The van der Waals surface area contributed by atoms with Crippen LogP contribution in [0.5, 0.6) is 0 Å². The number of carbonyl (C=O) groups is 4. The van der Waals surface area contributed by atoms with Crippen LogP contribution in [0.2, 0.25) is 0 Å². The zero-order chi connectivity index (χ0) is 56.1. The summed E-state index contributed by atoms with van der Waals surface area (Å²) in [6.45, 7) is 5.59. The van der Waals surface area contributed by atoms with E-state index >= 15 is 0 Å². The van der Waals surface area contributed by atoms with Gasteiger partial charge in [-0.3, -0.25) is 14.4 Å². The molecule has 0 saturated carbocycles. The van der Waals surface area contributed by atoms with Crippen LogP contribution in [-0.2, 0) is 42.9 Å². The Morgan fingerprint density at radius 3 is 1.23 bits per heavy atom. The van der Waals surface area contributed by atoms with Crippen molar-refractivity contribution in [3.05, 3.63) is 122 Å². The molecule has 3 N–H and O–H groups in total. The number of rotatable bonds is 48. The van der Waals surface area contributed by atoms with Crippen molar-refractivity contribution in [2.45, 2.75) is 250 Å². The van der Waals surface area contributed by atoms with E-state index in [0.717, 1.165) is 141 Å². The molecule has 77 heavy (non-hydrogen) atoms. The Kier molecular flexibility index (Phi) is 47.2. The molecule has 1 aliphatic heterocycles. The lowest BCUT2D eigenvalue weighted by atomic mass is 9.98. The van der Waals surface area contributed by atoms with Gasteiger partial charge in [0.25, 0.3) is 0 Å². The van der Waals surface area contributed by atoms with Gasteiger partial charge in [-0.15, -0.1) is 0 Å². The molecule has 0 amide bonds. The fraction of sp³-hybridized carbons (Fsp3) is 0.631. The Morgan fingerprint density at radius 2 is 0.805 bits per heavy atom. The Hall–Kier alpha value is -4.88. The van der Waals surface area contributed by atoms with E-state index in [4.69, 9.17) is 23.7 Å². The summed E-state index contributed by atoms with van der Waals surface area (Å²) in [7, 11) is 0. The molecule has 1 rings (SSSR count). The topological polar surface area (TPSA) is 175 Å². The lowest BCUT2D eigenvalue weighted by Gasteiger charge is -2.40. The van der Waals surface area contributed by atoms with E-state index in [1.54, 1.807) is 0 Å². The normalized spacial score (nSPS) is 18.9. The van der Waals surface area contributed by atoms with Crippen LogP contribution in [0, 0.1) is 0 Å². The predicted octanol–water partition coefficient (Wildman–Crippen LogP) is 15.2. The molecule has 0 aromatic carbocycles. The quantitative estimate of drug-likeness (QED) is 0.0228. The van der Waals surface area contributed by atoms with Gasteiger partial charge in [-0.1, -0.05) is 206 Å². The number of aliphatic carboxylic acids is 1. The maximum atomic E-state index is 13.2. The Bertz CT molecular complexity index is 1800. The maximum Gasteiger partial charge on any atom is 0.335 e. The fourth-order valence-electron chi connectivity index (χ4n) is 8.12. The number of allylic oxidation sites excluding steroid dienone is 20. The van der Waals surface area contributed by atoms with Gasteiger partial charge < -0.3 is 39.0 Å². The summed E-state index contributed by atoms with van der Waals surface area (Å²) >= 11 is 0. The van der Waals surface area contributed by atoms with E-state index in [1.165, 1.54) is 6.42 Å². The molecule has 12 nitrogen and oxygen atoms in total. The minimum Gasteiger partial charge on any atom is -0.479 e. The molecule has 1 saturated heterocycles. The van der Waals surface area contributed by atoms with E-state index in [0.29, 0.717) is 25.7 Å². The standard InChI is InChI=1S/C65H102O12/c1-4-7-10-13-16-19-22-25-27-29-31-34-36-39-42-45-48-51-57(66)73-54-56(75-58(67)52-49-46-43-40-38-35-32-30-28-26-23-20-17-14-11-8-5-2)55-74-65-63(61(70)60(69)62(77-65)64(71)72)76-59(68)53-50-47-44-41-37-33-24-21-18-15-12-9-6-3/h7-12,16-21,25-28,33,37,44,47,56,60-63,65,69-70H,4-6,13-15,22-24,29-32,34-36,38-43,45-46,48-55H2,1-3H3,(H,71,72)/b10-7-,11-8-,12-9-,19-16-,20-17-,21-18-,27-25-,28-26-,37-33-,47-44-. The summed E-state index contributed by atoms with van der Waals surface area (Å²) in [5, 5.41) is 31.4. The first kappa shape index (κ1) is 70.1. The molecule has 0 bridgehead atoms. The lowest BCUT2D eigenvalue weighted by molar-refractivity contribution is -0.301. The Morgan fingerprint density at radius 1 is 0.429 bits per heavy atom. The zero-order valence-corrected chi connectivity index (χ0v) is 47.7. The van der Waals surface area contributed by atoms with E-state index in [2.05, 4.69) is 124 Å². The number of esters is 3. The maximum absolute atomic E-state index is 13.2.